The first-order chi connectivity index (χ1) is 5.74. The van der Waals surface area contributed by atoms with Crippen molar-refractivity contribution < 1.29 is 14.3 Å². The van der Waals surface area contributed by atoms with Crippen molar-refractivity contribution in [1.82, 2.24) is 0 Å². The second-order valence-electron chi connectivity index (χ2n) is 2.36. The van der Waals surface area contributed by atoms with Crippen LogP contribution in [0.1, 0.15) is 18.1 Å². The van der Waals surface area contributed by atoms with Gasteiger partial charge in [0, 0.05) is 23.8 Å². The molecule has 0 saturated heterocycles. The Morgan fingerprint density at radius 3 is 2.83 bits per heavy atom. The molecule has 1 N–H and O–H groups in total. The average Bonchev–Trinajstić information content (AvgIpc) is 2.47. The summed E-state index contributed by atoms with van der Waals surface area (Å²) < 4.78 is 4.88. The molecular weight excluding hydrogens is 176 g/mol. The van der Waals surface area contributed by atoms with Crippen molar-refractivity contribution in [3.05, 3.63) is 23.7 Å². The lowest BCUT2D eigenvalue weighted by Gasteiger charge is -1.95. The Hall–Kier alpha value is -0.740. The fourth-order valence-corrected chi connectivity index (χ4v) is 1.41. The largest absolute Gasteiger partial charge is 0.472 e. The zero-order valence-corrected chi connectivity index (χ0v) is 7.56. The highest BCUT2D eigenvalue weighted by atomic mass is 32.2. The highest BCUT2D eigenvalue weighted by Gasteiger charge is 2.05. The minimum Gasteiger partial charge on any atom is -0.472 e. The van der Waals surface area contributed by atoms with Crippen LogP contribution in [0.5, 0.6) is 0 Å². The number of rotatable bonds is 3. The maximum Gasteiger partial charge on any atom is 0.186 e. The molecule has 1 aromatic heterocycles. The molecule has 0 amide bonds. The molecule has 0 aliphatic heterocycles. The van der Waals surface area contributed by atoms with Crippen molar-refractivity contribution in [3.8, 4) is 0 Å². The van der Waals surface area contributed by atoms with Gasteiger partial charge in [-0.1, -0.05) is 11.8 Å². The molecule has 0 aliphatic rings. The molecule has 0 bridgehead atoms. The number of carbonyl (C=O) groups excluding carboxylic acids is 1. The van der Waals surface area contributed by atoms with Gasteiger partial charge in [-0.05, 0) is 0 Å². The molecule has 0 unspecified atom stereocenters. The lowest BCUT2D eigenvalue weighted by atomic mass is 10.2. The SMILES string of the molecule is CC(=O)SCc1cocc1CO. The minimum absolute atomic E-state index is 0.0374. The van der Waals surface area contributed by atoms with Gasteiger partial charge in [0.1, 0.15) is 0 Å². The van der Waals surface area contributed by atoms with E-state index in [0.717, 1.165) is 11.1 Å². The summed E-state index contributed by atoms with van der Waals surface area (Å²) in [5.74, 6) is 0.571. The van der Waals surface area contributed by atoms with Gasteiger partial charge in [0.15, 0.2) is 5.12 Å². The number of aliphatic hydroxyl groups excluding tert-OH is 1. The van der Waals surface area contributed by atoms with Crippen LogP contribution in [0.15, 0.2) is 16.9 Å². The van der Waals surface area contributed by atoms with Gasteiger partial charge in [-0.25, -0.2) is 0 Å². The second-order valence-corrected chi connectivity index (χ2v) is 3.51. The van der Waals surface area contributed by atoms with Crippen LogP contribution in [0.2, 0.25) is 0 Å². The predicted molar refractivity (Wildman–Crippen MR) is 46.6 cm³/mol. The van der Waals surface area contributed by atoms with E-state index in [0.29, 0.717) is 5.75 Å². The smallest absolute Gasteiger partial charge is 0.186 e. The normalized spacial score (nSPS) is 10.2. The Balaban J connectivity index is 2.56. The van der Waals surface area contributed by atoms with E-state index in [1.807, 2.05) is 0 Å². The van der Waals surface area contributed by atoms with Gasteiger partial charge in [0.25, 0.3) is 0 Å². The monoisotopic (exact) mass is 186 g/mol. The molecule has 0 spiro atoms. The third-order valence-electron chi connectivity index (χ3n) is 1.43. The van der Waals surface area contributed by atoms with Gasteiger partial charge in [-0.2, -0.15) is 0 Å². The van der Waals surface area contributed by atoms with Crippen LogP contribution >= 0.6 is 11.8 Å². The molecule has 0 fully saturated rings. The molecule has 1 heterocycles. The van der Waals surface area contributed by atoms with Crippen molar-refractivity contribution in [3.63, 3.8) is 0 Å². The molecule has 1 rings (SSSR count). The molecule has 0 saturated carbocycles. The lowest BCUT2D eigenvalue weighted by Crippen LogP contribution is -1.88. The highest BCUT2D eigenvalue weighted by Crippen LogP contribution is 2.17. The third-order valence-corrected chi connectivity index (χ3v) is 2.30. The Labute approximate surface area is 74.8 Å². The summed E-state index contributed by atoms with van der Waals surface area (Å²) >= 11 is 1.21. The first kappa shape index (κ1) is 9.35. The van der Waals surface area contributed by atoms with Gasteiger partial charge in [0.05, 0.1) is 19.1 Å². The number of hydrogen-bond acceptors (Lipinski definition) is 4. The second kappa shape index (κ2) is 4.33. The van der Waals surface area contributed by atoms with Gasteiger partial charge < -0.3 is 9.52 Å². The van der Waals surface area contributed by atoms with Gasteiger partial charge in [-0.15, -0.1) is 0 Å². The van der Waals surface area contributed by atoms with E-state index in [-0.39, 0.29) is 11.7 Å². The number of aliphatic hydroxyl groups is 1. The van der Waals surface area contributed by atoms with Crippen LogP contribution in [-0.2, 0) is 17.2 Å². The van der Waals surface area contributed by atoms with Gasteiger partial charge >= 0.3 is 0 Å². The van der Waals surface area contributed by atoms with Crippen LogP contribution < -0.4 is 0 Å². The quantitative estimate of drug-likeness (QED) is 0.778. The highest BCUT2D eigenvalue weighted by molar-refractivity contribution is 8.12. The third kappa shape index (κ3) is 2.39. The predicted octanol–water partition coefficient (Wildman–Crippen LogP) is 1.55. The number of furan rings is 1. The van der Waals surface area contributed by atoms with Crippen LogP contribution in [0.25, 0.3) is 0 Å². The van der Waals surface area contributed by atoms with Crippen molar-refractivity contribution in [2.45, 2.75) is 19.3 Å². The van der Waals surface area contributed by atoms with Crippen molar-refractivity contribution in [2.75, 3.05) is 0 Å². The summed E-state index contributed by atoms with van der Waals surface area (Å²) in [6, 6.07) is 0. The van der Waals surface area contributed by atoms with E-state index in [1.165, 1.54) is 24.9 Å². The van der Waals surface area contributed by atoms with Crippen LogP contribution in [-0.4, -0.2) is 10.2 Å². The topological polar surface area (TPSA) is 50.4 Å². The van der Waals surface area contributed by atoms with E-state index >= 15 is 0 Å². The summed E-state index contributed by atoms with van der Waals surface area (Å²) in [4.78, 5) is 10.6. The van der Waals surface area contributed by atoms with Crippen LogP contribution in [0, 0.1) is 0 Å². The molecule has 12 heavy (non-hydrogen) atoms. The molecule has 0 atom stereocenters. The van der Waals surface area contributed by atoms with Crippen LogP contribution in [0.3, 0.4) is 0 Å². The first-order valence-electron chi connectivity index (χ1n) is 3.52. The first-order valence-corrected chi connectivity index (χ1v) is 4.50. The Kier molecular flexibility index (Phi) is 3.37. The molecule has 66 valence electrons. The van der Waals surface area contributed by atoms with Gasteiger partial charge in [0.2, 0.25) is 0 Å². The molecule has 0 aliphatic carbocycles. The maximum atomic E-state index is 10.6. The van der Waals surface area contributed by atoms with E-state index in [1.54, 1.807) is 6.26 Å². The lowest BCUT2D eigenvalue weighted by molar-refractivity contribution is -0.109. The zero-order chi connectivity index (χ0) is 8.97. The summed E-state index contributed by atoms with van der Waals surface area (Å²) in [5, 5.41) is 8.89. The number of hydrogen-bond donors (Lipinski definition) is 1. The molecule has 4 heteroatoms. The van der Waals surface area contributed by atoms with Gasteiger partial charge in [-0.3, -0.25) is 4.79 Å². The molecular formula is C8H10O3S. The van der Waals surface area contributed by atoms with E-state index in [9.17, 15) is 4.79 Å². The standard InChI is InChI=1S/C8H10O3S/c1-6(10)12-5-8-4-11-3-7(8)2-9/h3-4,9H,2,5H2,1H3. The van der Waals surface area contributed by atoms with E-state index < -0.39 is 0 Å². The zero-order valence-electron chi connectivity index (χ0n) is 6.74. The van der Waals surface area contributed by atoms with E-state index in [2.05, 4.69) is 0 Å². The number of carbonyl (C=O) groups is 1. The minimum atomic E-state index is -0.0374. The fraction of sp³-hybridized carbons (Fsp3) is 0.375. The Morgan fingerprint density at radius 1 is 1.58 bits per heavy atom. The average molecular weight is 186 g/mol. The van der Waals surface area contributed by atoms with Crippen LogP contribution in [0.4, 0.5) is 0 Å². The maximum absolute atomic E-state index is 10.6. The Bertz CT molecular complexity index is 267. The molecule has 0 aromatic carbocycles. The fourth-order valence-electron chi connectivity index (χ4n) is 0.795. The summed E-state index contributed by atoms with van der Waals surface area (Å²) in [6.45, 7) is 1.48. The van der Waals surface area contributed by atoms with Crippen molar-refractivity contribution >= 4 is 16.9 Å². The number of thioether (sulfide) groups is 1. The molecule has 1 aromatic rings. The van der Waals surface area contributed by atoms with Crippen molar-refractivity contribution in [1.29, 1.82) is 0 Å². The summed E-state index contributed by atoms with van der Waals surface area (Å²) in [5.41, 5.74) is 1.64. The molecule has 3 nitrogen and oxygen atoms in total. The Morgan fingerprint density at radius 2 is 2.25 bits per heavy atom. The molecule has 0 radical (unpaired) electrons. The summed E-state index contributed by atoms with van der Waals surface area (Å²) in [7, 11) is 0. The van der Waals surface area contributed by atoms with Crippen molar-refractivity contribution in [2.24, 2.45) is 0 Å². The van der Waals surface area contributed by atoms with E-state index in [4.69, 9.17) is 9.52 Å². The summed E-state index contributed by atoms with van der Waals surface area (Å²) in [6.07, 6.45) is 3.05.